The number of hydrogen-bond donors (Lipinski definition) is 2. The van der Waals surface area contributed by atoms with Gasteiger partial charge in [-0.2, -0.15) is 23.1 Å². The van der Waals surface area contributed by atoms with E-state index in [0.717, 1.165) is 28.8 Å². The third kappa shape index (κ3) is 3.91. The number of fused-ring (bicyclic) bond motifs is 1. The highest BCUT2D eigenvalue weighted by molar-refractivity contribution is 5.78. The van der Waals surface area contributed by atoms with Crippen molar-refractivity contribution >= 4 is 22.8 Å². The van der Waals surface area contributed by atoms with E-state index in [1.807, 2.05) is 32.9 Å². The van der Waals surface area contributed by atoms with Gasteiger partial charge < -0.3 is 15.0 Å². The molecular formula is C21H18F3N5O. The van der Waals surface area contributed by atoms with Crippen molar-refractivity contribution in [2.75, 3.05) is 5.32 Å². The fourth-order valence-corrected chi connectivity index (χ4v) is 3.23. The van der Waals surface area contributed by atoms with Crippen molar-refractivity contribution in [3.05, 3.63) is 65.0 Å². The van der Waals surface area contributed by atoms with Gasteiger partial charge in [-0.15, -0.1) is 0 Å². The second-order valence-corrected chi connectivity index (χ2v) is 6.98. The number of H-pyrrole nitrogens is 1. The van der Waals surface area contributed by atoms with Crippen molar-refractivity contribution in [1.29, 1.82) is 0 Å². The number of rotatable bonds is 4. The lowest BCUT2D eigenvalue weighted by molar-refractivity contribution is -0.137. The molecule has 0 aliphatic rings. The van der Waals surface area contributed by atoms with Crippen LogP contribution in [-0.4, -0.2) is 19.9 Å². The van der Waals surface area contributed by atoms with Gasteiger partial charge in [-0.3, -0.25) is 0 Å². The summed E-state index contributed by atoms with van der Waals surface area (Å²) in [5, 5.41) is 2.91. The minimum absolute atomic E-state index is 0.159. The van der Waals surface area contributed by atoms with Crippen molar-refractivity contribution in [3.63, 3.8) is 0 Å². The molecule has 0 unspecified atom stereocenters. The first kappa shape index (κ1) is 19.7. The highest BCUT2D eigenvalue weighted by Gasteiger charge is 2.30. The first-order valence-corrected chi connectivity index (χ1v) is 9.12. The van der Waals surface area contributed by atoms with E-state index < -0.39 is 11.7 Å². The number of aromatic amines is 1. The van der Waals surface area contributed by atoms with Gasteiger partial charge in [0.05, 0.1) is 11.9 Å². The molecule has 2 N–H and O–H groups in total. The topological polar surface area (TPSA) is 75.7 Å². The summed E-state index contributed by atoms with van der Waals surface area (Å²) >= 11 is 0. The Morgan fingerprint density at radius 1 is 0.967 bits per heavy atom. The molecule has 0 fully saturated rings. The van der Waals surface area contributed by atoms with E-state index in [2.05, 4.69) is 25.3 Å². The third-order valence-corrected chi connectivity index (χ3v) is 4.52. The summed E-state index contributed by atoms with van der Waals surface area (Å²) < 4.78 is 44.4. The maximum Gasteiger partial charge on any atom is 0.416 e. The summed E-state index contributed by atoms with van der Waals surface area (Å²) in [7, 11) is 0. The predicted octanol–water partition coefficient (Wildman–Crippen LogP) is 5.83. The molecule has 0 saturated carbocycles. The molecule has 0 aliphatic heterocycles. The summed E-state index contributed by atoms with van der Waals surface area (Å²) in [6.07, 6.45) is -2.92. The molecular weight excluding hydrogens is 395 g/mol. The highest BCUT2D eigenvalue weighted by atomic mass is 19.4. The summed E-state index contributed by atoms with van der Waals surface area (Å²) in [4.78, 5) is 15.8. The Labute approximate surface area is 170 Å². The minimum Gasteiger partial charge on any atom is -0.436 e. The summed E-state index contributed by atoms with van der Waals surface area (Å²) in [6.45, 7) is 5.90. The van der Waals surface area contributed by atoms with Gasteiger partial charge in [0.2, 0.25) is 5.95 Å². The van der Waals surface area contributed by atoms with E-state index in [9.17, 15) is 13.2 Å². The van der Waals surface area contributed by atoms with Crippen LogP contribution in [0.1, 0.15) is 22.3 Å². The summed E-state index contributed by atoms with van der Waals surface area (Å²) in [5.41, 5.74) is 3.60. The summed E-state index contributed by atoms with van der Waals surface area (Å²) in [5.74, 6) is 1.10. The number of halogens is 3. The van der Waals surface area contributed by atoms with Crippen molar-refractivity contribution in [1.82, 2.24) is 19.9 Å². The molecule has 30 heavy (non-hydrogen) atoms. The van der Waals surface area contributed by atoms with Crippen LogP contribution in [0.4, 0.5) is 24.8 Å². The monoisotopic (exact) mass is 413 g/mol. The Kier molecular flexibility index (Phi) is 4.81. The highest BCUT2D eigenvalue weighted by Crippen LogP contribution is 2.33. The zero-order valence-electron chi connectivity index (χ0n) is 16.4. The van der Waals surface area contributed by atoms with Crippen molar-refractivity contribution in [2.45, 2.75) is 26.9 Å². The SMILES string of the molecule is Cc1cc(C)c(Oc2nc(Nc3ccc(C(F)(F)F)cc3)nc3nc[nH]c23)c(C)c1. The van der Waals surface area contributed by atoms with Crippen molar-refractivity contribution in [2.24, 2.45) is 0 Å². The molecule has 9 heteroatoms. The average molecular weight is 413 g/mol. The molecule has 0 amide bonds. The molecule has 0 spiro atoms. The lowest BCUT2D eigenvalue weighted by Crippen LogP contribution is -2.05. The van der Waals surface area contributed by atoms with Crippen LogP contribution in [0, 0.1) is 20.8 Å². The minimum atomic E-state index is -4.40. The molecule has 4 rings (SSSR count). The zero-order valence-corrected chi connectivity index (χ0v) is 16.4. The van der Waals surface area contributed by atoms with Crippen LogP contribution in [0.15, 0.2) is 42.7 Å². The standard InChI is InChI=1S/C21H18F3N5O/c1-11-8-12(2)17(13(3)9-11)30-19-16-18(26-10-25-16)28-20(29-19)27-15-6-4-14(5-7-15)21(22,23)24/h4-10H,1-3H3,(H2,25,26,27,28,29). The normalized spacial score (nSPS) is 11.7. The largest absolute Gasteiger partial charge is 0.436 e. The molecule has 0 bridgehead atoms. The molecule has 0 atom stereocenters. The van der Waals surface area contributed by atoms with Crippen LogP contribution in [0.2, 0.25) is 0 Å². The number of aromatic nitrogens is 4. The molecule has 4 aromatic rings. The van der Waals surface area contributed by atoms with Gasteiger partial charge in [0.25, 0.3) is 5.88 Å². The number of benzene rings is 2. The van der Waals surface area contributed by atoms with Gasteiger partial charge in [-0.25, -0.2) is 4.98 Å². The first-order valence-electron chi connectivity index (χ1n) is 9.12. The number of nitrogens with zero attached hydrogens (tertiary/aromatic N) is 3. The van der Waals surface area contributed by atoms with Gasteiger partial charge in [-0.05, 0) is 56.2 Å². The fourth-order valence-electron chi connectivity index (χ4n) is 3.23. The van der Waals surface area contributed by atoms with Gasteiger partial charge in [0.15, 0.2) is 5.65 Å². The molecule has 2 aromatic heterocycles. The second kappa shape index (κ2) is 7.33. The lowest BCUT2D eigenvalue weighted by Gasteiger charge is -2.13. The Bertz CT molecular complexity index is 1190. The van der Waals surface area contributed by atoms with Crippen LogP contribution >= 0.6 is 0 Å². The van der Waals surface area contributed by atoms with Gasteiger partial charge in [0, 0.05) is 5.69 Å². The Balaban J connectivity index is 1.68. The molecule has 2 aromatic carbocycles. The molecule has 154 valence electrons. The summed E-state index contributed by atoms with van der Waals surface area (Å²) in [6, 6.07) is 8.63. The lowest BCUT2D eigenvalue weighted by atomic mass is 10.1. The van der Waals surface area contributed by atoms with Gasteiger partial charge in [-0.1, -0.05) is 17.7 Å². The van der Waals surface area contributed by atoms with Crippen molar-refractivity contribution < 1.29 is 17.9 Å². The number of alkyl halides is 3. The van der Waals surface area contributed by atoms with E-state index in [-0.39, 0.29) is 11.8 Å². The first-order chi connectivity index (χ1) is 14.2. The Morgan fingerprint density at radius 3 is 2.27 bits per heavy atom. The maximum atomic E-state index is 12.8. The van der Waals surface area contributed by atoms with Gasteiger partial charge >= 0.3 is 6.18 Å². The van der Waals surface area contributed by atoms with E-state index in [0.29, 0.717) is 22.6 Å². The van der Waals surface area contributed by atoms with E-state index in [1.54, 1.807) is 0 Å². The number of hydrogen-bond acceptors (Lipinski definition) is 5. The van der Waals surface area contributed by atoms with E-state index >= 15 is 0 Å². The second-order valence-electron chi connectivity index (χ2n) is 6.98. The number of nitrogens with one attached hydrogen (secondary N) is 2. The molecule has 6 nitrogen and oxygen atoms in total. The van der Waals surface area contributed by atoms with Crippen LogP contribution < -0.4 is 10.1 Å². The van der Waals surface area contributed by atoms with Crippen LogP contribution in [0.5, 0.6) is 11.6 Å². The Hall–Kier alpha value is -3.62. The van der Waals surface area contributed by atoms with Crippen molar-refractivity contribution in [3.8, 4) is 11.6 Å². The zero-order chi connectivity index (χ0) is 21.5. The number of anilines is 2. The predicted molar refractivity (Wildman–Crippen MR) is 107 cm³/mol. The fraction of sp³-hybridized carbons (Fsp3) is 0.190. The van der Waals surface area contributed by atoms with Crippen LogP contribution in [0.25, 0.3) is 11.2 Å². The molecule has 0 radical (unpaired) electrons. The Morgan fingerprint density at radius 2 is 1.63 bits per heavy atom. The number of aryl methyl sites for hydroxylation is 3. The van der Waals surface area contributed by atoms with E-state index in [1.165, 1.54) is 18.5 Å². The van der Waals surface area contributed by atoms with Crippen LogP contribution in [0.3, 0.4) is 0 Å². The maximum absolute atomic E-state index is 12.8. The molecule has 0 aliphatic carbocycles. The molecule has 2 heterocycles. The number of ether oxygens (including phenoxy) is 1. The van der Waals surface area contributed by atoms with E-state index in [4.69, 9.17) is 4.74 Å². The van der Waals surface area contributed by atoms with Crippen LogP contribution in [-0.2, 0) is 6.18 Å². The average Bonchev–Trinajstić information content (AvgIpc) is 3.13. The van der Waals surface area contributed by atoms with Gasteiger partial charge in [0.1, 0.15) is 11.3 Å². The third-order valence-electron chi connectivity index (χ3n) is 4.52. The smallest absolute Gasteiger partial charge is 0.416 e. The quantitative estimate of drug-likeness (QED) is 0.440. The number of imidazole rings is 1. The molecule has 0 saturated heterocycles.